The number of oxime groups is 1. The molecule has 1 fully saturated rings. The van der Waals surface area contributed by atoms with Gasteiger partial charge in [0.25, 0.3) is 0 Å². The molecule has 0 spiro atoms. The van der Waals surface area contributed by atoms with E-state index in [2.05, 4.69) is 46.2 Å². The molecule has 2 N–H and O–H groups in total. The highest BCUT2D eigenvalue weighted by molar-refractivity contribution is 6.36. The van der Waals surface area contributed by atoms with Gasteiger partial charge in [0.05, 0.1) is 12.6 Å². The fourth-order valence-corrected chi connectivity index (χ4v) is 5.37. The predicted octanol–water partition coefficient (Wildman–Crippen LogP) is 4.46. The summed E-state index contributed by atoms with van der Waals surface area (Å²) in [4.78, 5) is 18.6. The molecule has 0 unspecified atom stereocenters. The lowest BCUT2D eigenvalue weighted by Crippen LogP contribution is -2.50. The van der Waals surface area contributed by atoms with Crippen LogP contribution in [0.1, 0.15) is 56.8 Å². The minimum Gasteiger partial charge on any atom is -0.461 e. The van der Waals surface area contributed by atoms with Gasteiger partial charge in [0.2, 0.25) is 0 Å². The van der Waals surface area contributed by atoms with Crippen molar-refractivity contribution in [1.82, 2.24) is 9.88 Å². The number of para-hydroxylation sites is 1. The predicted molar refractivity (Wildman–Crippen MR) is 116 cm³/mol. The summed E-state index contributed by atoms with van der Waals surface area (Å²) >= 11 is 0. The number of halogens is 1. The number of aromatic amines is 1. The van der Waals surface area contributed by atoms with Crippen molar-refractivity contribution in [2.75, 3.05) is 19.7 Å². The molecular weight excluding hydrogens is 390 g/mol. The minimum atomic E-state index is -0.511. The first-order chi connectivity index (χ1) is 13.6. The maximum Gasteiger partial charge on any atom is 0.356 e. The molecule has 2 aromatic rings. The van der Waals surface area contributed by atoms with E-state index >= 15 is 0 Å². The summed E-state index contributed by atoms with van der Waals surface area (Å²) in [6.45, 7) is 6.31. The van der Waals surface area contributed by atoms with Crippen LogP contribution in [-0.4, -0.2) is 46.5 Å². The van der Waals surface area contributed by atoms with Crippen molar-refractivity contribution >= 4 is 35.0 Å². The first-order valence-corrected chi connectivity index (χ1v) is 10.3. The standard InChI is InChI=1S/C22H29N3O3.ClH/c1-3-22(14-18(24-27)21(26)28-4-2)11-7-12-25-13-10-16-15-8-5-6-9-17(15)23-19(16)20(22)25;/h5-6,8-9,20,23,27H,3-4,7,10-14H2,1-2H3;1H/t20-,22+;/m0./s1. The second-order valence-corrected chi connectivity index (χ2v) is 8.01. The number of aromatic nitrogens is 1. The summed E-state index contributed by atoms with van der Waals surface area (Å²) in [5.74, 6) is -0.511. The number of benzene rings is 1. The van der Waals surface area contributed by atoms with Gasteiger partial charge in [-0.15, -0.1) is 12.4 Å². The number of rotatable bonds is 5. The lowest BCUT2D eigenvalue weighted by atomic mass is 9.65. The summed E-state index contributed by atoms with van der Waals surface area (Å²) in [6, 6.07) is 8.67. The van der Waals surface area contributed by atoms with E-state index in [9.17, 15) is 10.0 Å². The molecule has 1 aromatic carbocycles. The summed E-state index contributed by atoms with van der Waals surface area (Å²) in [6.07, 6.45) is 4.45. The lowest BCUT2D eigenvalue weighted by Gasteiger charge is -2.52. The van der Waals surface area contributed by atoms with Crippen molar-refractivity contribution in [2.45, 2.75) is 52.0 Å². The number of H-pyrrole nitrogens is 1. The van der Waals surface area contributed by atoms with Crippen LogP contribution in [0.4, 0.5) is 0 Å². The average Bonchev–Trinajstić information content (AvgIpc) is 3.10. The number of nitrogens with zero attached hydrogens (tertiary/aromatic N) is 2. The number of piperidine rings is 1. The second kappa shape index (κ2) is 8.76. The first kappa shape index (κ1) is 21.7. The molecule has 2 atom stereocenters. The Morgan fingerprint density at radius 3 is 2.86 bits per heavy atom. The van der Waals surface area contributed by atoms with E-state index in [1.54, 1.807) is 6.92 Å². The van der Waals surface area contributed by atoms with E-state index in [0.717, 1.165) is 38.8 Å². The average molecular weight is 420 g/mol. The van der Waals surface area contributed by atoms with Gasteiger partial charge in [0.15, 0.2) is 5.71 Å². The van der Waals surface area contributed by atoms with Gasteiger partial charge in [-0.3, -0.25) is 4.90 Å². The second-order valence-electron chi connectivity index (χ2n) is 8.01. The van der Waals surface area contributed by atoms with Gasteiger partial charge in [-0.2, -0.15) is 0 Å². The van der Waals surface area contributed by atoms with E-state index in [4.69, 9.17) is 4.74 Å². The number of fused-ring (bicyclic) bond motifs is 5. The molecule has 158 valence electrons. The Morgan fingerprint density at radius 2 is 2.14 bits per heavy atom. The van der Waals surface area contributed by atoms with Crippen molar-refractivity contribution in [3.63, 3.8) is 0 Å². The molecule has 4 rings (SSSR count). The molecule has 3 heterocycles. The molecule has 0 aliphatic carbocycles. The molecule has 0 amide bonds. The SMILES string of the molecule is CCOC(=O)C(C[C@@]1(CC)CCCN2CCc3c([nH]c4ccccc34)[C@H]21)=NO.Cl. The summed E-state index contributed by atoms with van der Waals surface area (Å²) in [5, 5.41) is 14.2. The quantitative estimate of drug-likeness (QED) is 0.324. The largest absolute Gasteiger partial charge is 0.461 e. The molecule has 0 bridgehead atoms. The van der Waals surface area contributed by atoms with Crippen LogP contribution in [0.3, 0.4) is 0 Å². The molecule has 2 aliphatic heterocycles. The molecule has 2 aliphatic rings. The smallest absolute Gasteiger partial charge is 0.356 e. The molecule has 6 nitrogen and oxygen atoms in total. The number of carbonyl (C=O) groups is 1. The van der Waals surface area contributed by atoms with Crippen molar-refractivity contribution < 1.29 is 14.7 Å². The minimum absolute atomic E-state index is 0. The Bertz CT molecular complexity index is 910. The fraction of sp³-hybridized carbons (Fsp3) is 0.545. The molecule has 0 radical (unpaired) electrons. The third-order valence-corrected chi connectivity index (χ3v) is 6.69. The monoisotopic (exact) mass is 419 g/mol. The molecule has 1 aromatic heterocycles. The Morgan fingerprint density at radius 1 is 1.34 bits per heavy atom. The Labute approximate surface area is 177 Å². The van der Waals surface area contributed by atoms with Crippen LogP contribution in [0.25, 0.3) is 10.9 Å². The summed E-state index contributed by atoms with van der Waals surface area (Å²) in [7, 11) is 0. The number of hydrogen-bond donors (Lipinski definition) is 2. The highest BCUT2D eigenvalue weighted by atomic mass is 35.5. The molecule has 1 saturated heterocycles. The zero-order valence-corrected chi connectivity index (χ0v) is 17.9. The van der Waals surface area contributed by atoms with E-state index in [0.29, 0.717) is 6.42 Å². The highest BCUT2D eigenvalue weighted by Gasteiger charge is 2.48. The van der Waals surface area contributed by atoms with Crippen LogP contribution >= 0.6 is 12.4 Å². The van der Waals surface area contributed by atoms with Crippen molar-refractivity contribution in [1.29, 1.82) is 0 Å². The van der Waals surface area contributed by atoms with Crippen LogP contribution in [0, 0.1) is 5.41 Å². The third-order valence-electron chi connectivity index (χ3n) is 6.69. The van der Waals surface area contributed by atoms with Gasteiger partial charge < -0.3 is 14.9 Å². The van der Waals surface area contributed by atoms with Crippen molar-refractivity contribution in [2.24, 2.45) is 10.6 Å². The summed E-state index contributed by atoms with van der Waals surface area (Å²) in [5.41, 5.74) is 3.81. The van der Waals surface area contributed by atoms with Crippen LogP contribution < -0.4 is 0 Å². The van der Waals surface area contributed by atoms with E-state index in [1.165, 1.54) is 22.2 Å². The fourth-order valence-electron chi connectivity index (χ4n) is 5.37. The topological polar surface area (TPSA) is 77.9 Å². The van der Waals surface area contributed by atoms with Crippen molar-refractivity contribution in [3.05, 3.63) is 35.5 Å². The maximum atomic E-state index is 12.3. The van der Waals surface area contributed by atoms with E-state index < -0.39 is 5.97 Å². The normalized spacial score (nSPS) is 24.5. The number of hydrogen-bond acceptors (Lipinski definition) is 5. The van der Waals surface area contributed by atoms with Gasteiger partial charge in [-0.25, -0.2) is 4.79 Å². The van der Waals surface area contributed by atoms with E-state index in [-0.39, 0.29) is 36.2 Å². The van der Waals surface area contributed by atoms with Crippen molar-refractivity contribution in [3.8, 4) is 0 Å². The molecule has 0 saturated carbocycles. The molecular formula is C22H30ClN3O3. The zero-order chi connectivity index (χ0) is 19.7. The van der Waals surface area contributed by atoms with Gasteiger partial charge in [0, 0.05) is 29.6 Å². The number of esters is 1. The number of carbonyl (C=O) groups excluding carboxylic acids is 1. The third kappa shape index (κ3) is 3.64. The Hall–Kier alpha value is -2.05. The molecule has 29 heavy (non-hydrogen) atoms. The van der Waals surface area contributed by atoms with Gasteiger partial charge in [-0.05, 0) is 56.2 Å². The Balaban J connectivity index is 0.00000240. The summed E-state index contributed by atoms with van der Waals surface area (Å²) < 4.78 is 5.13. The van der Waals surface area contributed by atoms with Gasteiger partial charge in [0.1, 0.15) is 0 Å². The number of ether oxygens (including phenoxy) is 1. The lowest BCUT2D eigenvalue weighted by molar-refractivity contribution is -0.135. The molecule has 7 heteroatoms. The maximum absolute atomic E-state index is 12.3. The van der Waals surface area contributed by atoms with Crippen LogP contribution in [0.15, 0.2) is 29.4 Å². The van der Waals surface area contributed by atoms with Gasteiger partial charge >= 0.3 is 5.97 Å². The van der Waals surface area contributed by atoms with E-state index in [1.807, 2.05) is 0 Å². The zero-order valence-electron chi connectivity index (χ0n) is 17.1. The van der Waals surface area contributed by atoms with Crippen LogP contribution in [0.5, 0.6) is 0 Å². The number of nitrogens with one attached hydrogen (secondary N) is 1. The highest BCUT2D eigenvalue weighted by Crippen LogP contribution is 2.53. The van der Waals surface area contributed by atoms with Crippen LogP contribution in [-0.2, 0) is 16.0 Å². The Kier molecular flexibility index (Phi) is 6.54. The van der Waals surface area contributed by atoms with Gasteiger partial charge in [-0.1, -0.05) is 30.3 Å². The first-order valence-electron chi connectivity index (χ1n) is 10.3. The van der Waals surface area contributed by atoms with Crippen LogP contribution in [0.2, 0.25) is 0 Å².